The van der Waals surface area contributed by atoms with Crippen molar-refractivity contribution in [1.82, 2.24) is 25.1 Å². The number of amides is 1. The predicted molar refractivity (Wildman–Crippen MR) is 95.1 cm³/mol. The number of nitrogens with one attached hydrogen (secondary N) is 2. The van der Waals surface area contributed by atoms with E-state index in [2.05, 4.69) is 25.7 Å². The van der Waals surface area contributed by atoms with Crippen molar-refractivity contribution in [1.29, 1.82) is 0 Å². The van der Waals surface area contributed by atoms with Gasteiger partial charge >= 0.3 is 0 Å². The number of rotatable bonds is 7. The molecule has 25 heavy (non-hydrogen) atoms. The summed E-state index contributed by atoms with van der Waals surface area (Å²) in [6, 6.07) is 13.0. The van der Waals surface area contributed by atoms with Crippen molar-refractivity contribution in [3.8, 4) is 5.82 Å². The summed E-state index contributed by atoms with van der Waals surface area (Å²) in [5.41, 5.74) is 1.73. The minimum atomic E-state index is -0.302. The summed E-state index contributed by atoms with van der Waals surface area (Å²) in [5, 5.41) is 10.3. The lowest BCUT2D eigenvalue weighted by molar-refractivity contribution is -0.118. The summed E-state index contributed by atoms with van der Waals surface area (Å²) in [4.78, 5) is 20.8. The van der Waals surface area contributed by atoms with Crippen molar-refractivity contribution in [2.24, 2.45) is 0 Å². The first-order valence-electron chi connectivity index (χ1n) is 8.16. The highest BCUT2D eigenvalue weighted by atomic mass is 16.2. The molecule has 128 valence electrons. The highest BCUT2D eigenvalue weighted by molar-refractivity contribution is 5.94. The van der Waals surface area contributed by atoms with Gasteiger partial charge in [-0.3, -0.25) is 4.79 Å². The lowest BCUT2D eigenvalue weighted by Crippen LogP contribution is -2.39. The van der Waals surface area contributed by atoms with Crippen molar-refractivity contribution in [3.63, 3.8) is 0 Å². The molecule has 3 aromatic rings. The van der Waals surface area contributed by atoms with Crippen LogP contribution in [0.15, 0.2) is 61.3 Å². The Bertz CT molecular complexity index is 803. The monoisotopic (exact) mass is 336 g/mol. The second-order valence-electron chi connectivity index (χ2n) is 5.52. The molecule has 0 unspecified atom stereocenters. The van der Waals surface area contributed by atoms with Gasteiger partial charge in [-0.1, -0.05) is 31.2 Å². The Balaban J connectivity index is 1.66. The number of benzene rings is 1. The van der Waals surface area contributed by atoms with Crippen molar-refractivity contribution in [3.05, 3.63) is 66.9 Å². The van der Waals surface area contributed by atoms with Crippen LogP contribution in [0.4, 0.5) is 5.69 Å². The van der Waals surface area contributed by atoms with Gasteiger partial charge in [0, 0.05) is 24.0 Å². The average molecular weight is 336 g/mol. The van der Waals surface area contributed by atoms with Gasteiger partial charge in [0.05, 0.1) is 6.04 Å². The molecule has 7 heteroatoms. The topological polar surface area (TPSA) is 84.7 Å². The minimum Gasteiger partial charge on any atom is -0.325 e. The van der Waals surface area contributed by atoms with E-state index in [0.29, 0.717) is 18.8 Å². The lowest BCUT2D eigenvalue weighted by Gasteiger charge is -2.17. The first-order valence-corrected chi connectivity index (χ1v) is 8.16. The number of carbonyl (C=O) groups excluding carboxylic acids is 1. The maximum absolute atomic E-state index is 12.5. The third-order valence-corrected chi connectivity index (χ3v) is 3.81. The van der Waals surface area contributed by atoms with Crippen LogP contribution < -0.4 is 10.6 Å². The number of hydrogen-bond acceptors (Lipinski definition) is 5. The molecule has 0 saturated heterocycles. The Kier molecular flexibility index (Phi) is 5.48. The van der Waals surface area contributed by atoms with Crippen molar-refractivity contribution >= 4 is 11.6 Å². The fourth-order valence-electron chi connectivity index (χ4n) is 2.50. The fourth-order valence-corrected chi connectivity index (χ4v) is 2.50. The van der Waals surface area contributed by atoms with E-state index in [1.165, 1.54) is 6.33 Å². The third kappa shape index (κ3) is 4.27. The van der Waals surface area contributed by atoms with E-state index in [0.717, 1.165) is 11.3 Å². The van der Waals surface area contributed by atoms with E-state index in [9.17, 15) is 4.79 Å². The van der Waals surface area contributed by atoms with E-state index < -0.39 is 0 Å². The van der Waals surface area contributed by atoms with Gasteiger partial charge in [0.15, 0.2) is 5.82 Å². The van der Waals surface area contributed by atoms with E-state index in [4.69, 9.17) is 0 Å². The number of para-hydroxylation sites is 1. The minimum absolute atomic E-state index is 0.0557. The third-order valence-electron chi connectivity index (χ3n) is 3.81. The number of hydrogen-bond donors (Lipinski definition) is 2. The fraction of sp³-hybridized carbons (Fsp3) is 0.222. The molecule has 0 fully saturated rings. The van der Waals surface area contributed by atoms with Gasteiger partial charge in [-0.15, -0.1) is 0 Å². The van der Waals surface area contributed by atoms with Gasteiger partial charge in [0.1, 0.15) is 12.7 Å². The Morgan fingerprint density at radius 2 is 2.04 bits per heavy atom. The van der Waals surface area contributed by atoms with Gasteiger partial charge in [-0.05, 0) is 24.6 Å². The summed E-state index contributed by atoms with van der Waals surface area (Å²) < 4.78 is 1.61. The van der Waals surface area contributed by atoms with Crippen molar-refractivity contribution in [2.75, 3.05) is 5.32 Å². The van der Waals surface area contributed by atoms with Gasteiger partial charge < -0.3 is 10.6 Å². The van der Waals surface area contributed by atoms with Gasteiger partial charge in [0.25, 0.3) is 0 Å². The average Bonchev–Trinajstić information content (AvgIpc) is 3.18. The zero-order valence-corrected chi connectivity index (χ0v) is 14.0. The number of aromatic nitrogens is 4. The van der Waals surface area contributed by atoms with E-state index in [1.807, 2.05) is 49.4 Å². The molecule has 0 saturated carbocycles. The summed E-state index contributed by atoms with van der Waals surface area (Å²) in [5.74, 6) is 0.644. The molecule has 1 amide bonds. The van der Waals surface area contributed by atoms with Crippen LogP contribution in [0.5, 0.6) is 0 Å². The quantitative estimate of drug-likeness (QED) is 0.691. The largest absolute Gasteiger partial charge is 0.325 e. The van der Waals surface area contributed by atoms with E-state index >= 15 is 0 Å². The molecule has 0 aliphatic rings. The number of nitrogens with zero attached hydrogens (tertiary/aromatic N) is 4. The van der Waals surface area contributed by atoms with Gasteiger partial charge in [-0.25, -0.2) is 14.6 Å². The zero-order valence-electron chi connectivity index (χ0n) is 14.0. The molecule has 1 aromatic carbocycles. The molecule has 2 heterocycles. The second-order valence-corrected chi connectivity index (χ2v) is 5.52. The summed E-state index contributed by atoms with van der Waals surface area (Å²) in [7, 11) is 0. The van der Waals surface area contributed by atoms with E-state index in [1.54, 1.807) is 17.2 Å². The molecule has 0 aliphatic heterocycles. The smallest absolute Gasteiger partial charge is 0.241 e. The van der Waals surface area contributed by atoms with Crippen LogP contribution >= 0.6 is 0 Å². The number of anilines is 1. The molecular weight excluding hydrogens is 316 g/mol. The molecule has 0 radical (unpaired) electrons. The lowest BCUT2D eigenvalue weighted by atomic mass is 10.1. The Morgan fingerprint density at radius 3 is 2.76 bits per heavy atom. The van der Waals surface area contributed by atoms with Crippen LogP contribution in [0.25, 0.3) is 5.82 Å². The molecule has 7 nitrogen and oxygen atoms in total. The number of pyridine rings is 1. The van der Waals surface area contributed by atoms with Crippen LogP contribution in [0.2, 0.25) is 0 Å². The Labute approximate surface area is 146 Å². The van der Waals surface area contributed by atoms with Crippen molar-refractivity contribution in [2.45, 2.75) is 25.9 Å². The second kappa shape index (κ2) is 8.16. The van der Waals surface area contributed by atoms with Crippen LogP contribution in [0, 0.1) is 0 Å². The Hall–Kier alpha value is -3.06. The molecule has 0 bridgehead atoms. The van der Waals surface area contributed by atoms with Gasteiger partial charge in [0.2, 0.25) is 5.91 Å². The van der Waals surface area contributed by atoms with Crippen LogP contribution in [0.3, 0.4) is 0 Å². The molecule has 1 atom stereocenters. The molecule has 3 rings (SSSR count). The maximum atomic E-state index is 12.5. The highest BCUT2D eigenvalue weighted by Crippen LogP contribution is 2.11. The molecule has 0 spiro atoms. The molecule has 2 aromatic heterocycles. The molecule has 0 aliphatic carbocycles. The van der Waals surface area contributed by atoms with Crippen LogP contribution in [0.1, 0.15) is 18.9 Å². The summed E-state index contributed by atoms with van der Waals surface area (Å²) in [6.07, 6.45) is 5.46. The number of carbonyl (C=O) groups is 1. The summed E-state index contributed by atoms with van der Waals surface area (Å²) in [6.45, 7) is 2.48. The SMILES string of the molecule is CC[C@@H](NCc1cccnc1-n1cncn1)C(=O)Nc1ccccc1. The van der Waals surface area contributed by atoms with E-state index in [-0.39, 0.29) is 11.9 Å². The maximum Gasteiger partial charge on any atom is 0.241 e. The predicted octanol–water partition coefficient (Wildman–Crippen LogP) is 2.17. The molecular formula is C18H20N6O. The van der Waals surface area contributed by atoms with Gasteiger partial charge in [-0.2, -0.15) is 5.10 Å². The van der Waals surface area contributed by atoms with Crippen LogP contribution in [-0.2, 0) is 11.3 Å². The normalized spacial score (nSPS) is 11.9. The summed E-state index contributed by atoms with van der Waals surface area (Å²) >= 11 is 0. The highest BCUT2D eigenvalue weighted by Gasteiger charge is 2.17. The van der Waals surface area contributed by atoms with Crippen LogP contribution in [-0.4, -0.2) is 31.7 Å². The standard InChI is InChI=1S/C18H20N6O/c1-2-16(18(25)23-15-8-4-3-5-9-15)21-11-14-7-6-10-20-17(14)24-13-19-12-22-24/h3-10,12-13,16,21H,2,11H2,1H3,(H,23,25)/t16-/m1/s1. The Morgan fingerprint density at radius 1 is 1.20 bits per heavy atom. The van der Waals surface area contributed by atoms with Crippen molar-refractivity contribution < 1.29 is 4.79 Å². The first-order chi connectivity index (χ1) is 12.3. The molecule has 2 N–H and O–H groups in total. The first kappa shape index (κ1) is 16.8. The zero-order chi connectivity index (χ0) is 17.5.